The monoisotopic (exact) mass is 303 g/mol. The van der Waals surface area contributed by atoms with E-state index in [0.29, 0.717) is 11.4 Å². The lowest BCUT2D eigenvalue weighted by Crippen LogP contribution is -2.10. The molecule has 0 bridgehead atoms. The van der Waals surface area contributed by atoms with Crippen LogP contribution < -0.4 is 10.1 Å². The summed E-state index contributed by atoms with van der Waals surface area (Å²) in [5.74, 6) is 0.401. The van der Waals surface area contributed by atoms with Gasteiger partial charge in [0.1, 0.15) is 11.6 Å². The number of nitrogens with one attached hydrogen (secondary N) is 1. The van der Waals surface area contributed by atoms with E-state index in [2.05, 4.69) is 15.3 Å². The maximum Gasteiger partial charge on any atom is 0.433 e. The lowest BCUT2D eigenvalue weighted by Gasteiger charge is -2.12. The SMILES string of the molecule is COc1ccccc1Nc1cc(C(F)(F)F)nc(Cl)n1. The molecule has 1 aromatic carbocycles. The van der Waals surface area contributed by atoms with Gasteiger partial charge in [-0.05, 0) is 23.7 Å². The summed E-state index contributed by atoms with van der Waals surface area (Å²) in [4.78, 5) is 6.85. The van der Waals surface area contributed by atoms with E-state index in [4.69, 9.17) is 16.3 Å². The zero-order chi connectivity index (χ0) is 14.8. The number of hydrogen-bond acceptors (Lipinski definition) is 4. The van der Waals surface area contributed by atoms with Crippen LogP contribution in [0.4, 0.5) is 24.7 Å². The molecule has 0 saturated carbocycles. The number of nitrogens with zero attached hydrogens (tertiary/aromatic N) is 2. The molecule has 0 atom stereocenters. The molecule has 20 heavy (non-hydrogen) atoms. The first-order valence-electron chi connectivity index (χ1n) is 5.42. The average molecular weight is 304 g/mol. The van der Waals surface area contributed by atoms with E-state index >= 15 is 0 Å². The third kappa shape index (κ3) is 3.30. The highest BCUT2D eigenvalue weighted by atomic mass is 35.5. The second kappa shape index (κ2) is 5.54. The summed E-state index contributed by atoms with van der Waals surface area (Å²) in [6, 6.07) is 7.52. The van der Waals surface area contributed by atoms with Gasteiger partial charge in [-0.1, -0.05) is 12.1 Å². The van der Waals surface area contributed by atoms with Crippen molar-refractivity contribution < 1.29 is 17.9 Å². The van der Waals surface area contributed by atoms with Gasteiger partial charge in [0.15, 0.2) is 5.69 Å². The van der Waals surface area contributed by atoms with Crippen LogP contribution in [0.3, 0.4) is 0 Å². The Balaban J connectivity index is 2.36. The summed E-state index contributed by atoms with van der Waals surface area (Å²) in [7, 11) is 1.45. The van der Waals surface area contributed by atoms with Crippen molar-refractivity contribution >= 4 is 23.1 Å². The van der Waals surface area contributed by atoms with Crippen molar-refractivity contribution in [3.63, 3.8) is 0 Å². The van der Waals surface area contributed by atoms with E-state index in [9.17, 15) is 13.2 Å². The highest BCUT2D eigenvalue weighted by Crippen LogP contribution is 2.31. The van der Waals surface area contributed by atoms with E-state index < -0.39 is 17.2 Å². The number of methoxy groups -OCH3 is 1. The van der Waals surface area contributed by atoms with Crippen molar-refractivity contribution in [1.29, 1.82) is 0 Å². The van der Waals surface area contributed by atoms with E-state index in [-0.39, 0.29) is 5.82 Å². The van der Waals surface area contributed by atoms with Gasteiger partial charge in [0.25, 0.3) is 0 Å². The quantitative estimate of drug-likeness (QED) is 0.874. The molecule has 0 spiro atoms. The fourth-order valence-electron chi connectivity index (χ4n) is 1.51. The topological polar surface area (TPSA) is 47.0 Å². The van der Waals surface area contributed by atoms with E-state index in [1.54, 1.807) is 24.3 Å². The summed E-state index contributed by atoms with van der Waals surface area (Å²) in [6.45, 7) is 0. The maximum absolute atomic E-state index is 12.6. The number of anilines is 2. The second-order valence-electron chi connectivity index (χ2n) is 3.73. The highest BCUT2D eigenvalue weighted by Gasteiger charge is 2.33. The van der Waals surface area contributed by atoms with Gasteiger partial charge in [-0.15, -0.1) is 0 Å². The summed E-state index contributed by atoms with van der Waals surface area (Å²) >= 11 is 5.50. The molecule has 0 amide bonds. The minimum atomic E-state index is -4.59. The number of hydrogen-bond donors (Lipinski definition) is 1. The molecule has 2 rings (SSSR count). The molecule has 0 unspecified atom stereocenters. The van der Waals surface area contributed by atoms with Gasteiger partial charge in [-0.3, -0.25) is 0 Å². The maximum atomic E-state index is 12.6. The van der Waals surface area contributed by atoms with Gasteiger partial charge >= 0.3 is 6.18 Å². The summed E-state index contributed by atoms with van der Waals surface area (Å²) in [5.41, 5.74) is -0.646. The van der Waals surface area contributed by atoms with Crippen LogP contribution in [0, 0.1) is 0 Å². The number of rotatable bonds is 3. The normalized spacial score (nSPS) is 11.2. The van der Waals surface area contributed by atoms with Crippen molar-refractivity contribution in [2.45, 2.75) is 6.18 Å². The molecule has 1 N–H and O–H groups in total. The van der Waals surface area contributed by atoms with Crippen LogP contribution in [0.2, 0.25) is 5.28 Å². The standard InChI is InChI=1S/C12H9ClF3N3O/c1-20-8-5-3-2-4-7(8)17-10-6-9(12(14,15)16)18-11(13)19-10/h2-6H,1H3,(H,17,18,19). The van der Waals surface area contributed by atoms with Crippen LogP contribution in [-0.4, -0.2) is 17.1 Å². The molecule has 0 radical (unpaired) electrons. The number of para-hydroxylation sites is 2. The van der Waals surface area contributed by atoms with Gasteiger partial charge < -0.3 is 10.1 Å². The van der Waals surface area contributed by atoms with Crippen LogP contribution in [0.25, 0.3) is 0 Å². The molecule has 0 saturated heterocycles. The molecular weight excluding hydrogens is 295 g/mol. The van der Waals surface area contributed by atoms with E-state index in [1.807, 2.05) is 0 Å². The first-order valence-corrected chi connectivity index (χ1v) is 5.80. The van der Waals surface area contributed by atoms with E-state index in [0.717, 1.165) is 6.07 Å². The zero-order valence-corrected chi connectivity index (χ0v) is 11.0. The molecule has 0 aliphatic heterocycles. The smallest absolute Gasteiger partial charge is 0.433 e. The van der Waals surface area contributed by atoms with Gasteiger partial charge in [-0.2, -0.15) is 13.2 Å². The Bertz CT molecular complexity index is 619. The van der Waals surface area contributed by atoms with Gasteiger partial charge in [-0.25, -0.2) is 9.97 Å². The number of halogens is 4. The van der Waals surface area contributed by atoms with Crippen molar-refractivity contribution in [2.75, 3.05) is 12.4 Å². The van der Waals surface area contributed by atoms with Crippen molar-refractivity contribution in [3.05, 3.63) is 41.3 Å². The van der Waals surface area contributed by atoms with Crippen LogP contribution in [-0.2, 0) is 6.18 Å². The summed E-state index contributed by atoms with van der Waals surface area (Å²) < 4.78 is 43.0. The average Bonchev–Trinajstić information content (AvgIpc) is 2.37. The Hall–Kier alpha value is -2.02. The van der Waals surface area contributed by atoms with Crippen molar-refractivity contribution in [1.82, 2.24) is 9.97 Å². The molecule has 4 nitrogen and oxygen atoms in total. The third-order valence-electron chi connectivity index (χ3n) is 2.36. The van der Waals surface area contributed by atoms with E-state index in [1.165, 1.54) is 7.11 Å². The van der Waals surface area contributed by atoms with Crippen molar-refractivity contribution in [2.24, 2.45) is 0 Å². The van der Waals surface area contributed by atoms with Gasteiger partial charge in [0.2, 0.25) is 5.28 Å². The minimum Gasteiger partial charge on any atom is -0.495 e. The predicted octanol–water partition coefficient (Wildman–Crippen LogP) is 3.90. The second-order valence-corrected chi connectivity index (χ2v) is 4.07. The first-order chi connectivity index (χ1) is 9.40. The van der Waals surface area contributed by atoms with Crippen LogP contribution in [0.5, 0.6) is 5.75 Å². The fourth-order valence-corrected chi connectivity index (χ4v) is 1.70. The largest absolute Gasteiger partial charge is 0.495 e. The Morgan fingerprint density at radius 2 is 1.90 bits per heavy atom. The molecule has 1 heterocycles. The van der Waals surface area contributed by atoms with Crippen LogP contribution in [0.15, 0.2) is 30.3 Å². The predicted molar refractivity (Wildman–Crippen MR) is 68.3 cm³/mol. The Labute approximate surface area is 117 Å². The number of alkyl halides is 3. The number of aromatic nitrogens is 2. The number of ether oxygens (including phenoxy) is 1. The van der Waals surface area contributed by atoms with Gasteiger partial charge in [0, 0.05) is 6.07 Å². The minimum absolute atomic E-state index is 0.0678. The zero-order valence-electron chi connectivity index (χ0n) is 10.2. The van der Waals surface area contributed by atoms with Crippen LogP contribution >= 0.6 is 11.6 Å². The molecule has 0 fully saturated rings. The Morgan fingerprint density at radius 1 is 1.20 bits per heavy atom. The molecule has 0 aliphatic rings. The van der Waals surface area contributed by atoms with Crippen LogP contribution in [0.1, 0.15) is 5.69 Å². The molecular formula is C12H9ClF3N3O. The summed E-state index contributed by atoms with van der Waals surface area (Å²) in [6.07, 6.45) is -4.59. The Morgan fingerprint density at radius 3 is 2.55 bits per heavy atom. The molecule has 8 heteroatoms. The molecule has 1 aromatic heterocycles. The molecule has 0 aliphatic carbocycles. The fraction of sp³-hybridized carbons (Fsp3) is 0.167. The highest BCUT2D eigenvalue weighted by molar-refractivity contribution is 6.28. The van der Waals surface area contributed by atoms with Gasteiger partial charge in [0.05, 0.1) is 12.8 Å². The third-order valence-corrected chi connectivity index (χ3v) is 2.53. The molecule has 106 valence electrons. The number of benzene rings is 1. The van der Waals surface area contributed by atoms with Crippen molar-refractivity contribution in [3.8, 4) is 5.75 Å². The summed E-state index contributed by atoms with van der Waals surface area (Å²) in [5, 5.41) is 2.23. The first kappa shape index (κ1) is 14.4. The lowest BCUT2D eigenvalue weighted by molar-refractivity contribution is -0.141. The molecule has 2 aromatic rings. The Kier molecular flexibility index (Phi) is 3.99. The lowest BCUT2D eigenvalue weighted by atomic mass is 10.3.